The van der Waals surface area contributed by atoms with Gasteiger partial charge in [0.1, 0.15) is 28.8 Å². The fourth-order valence-corrected chi connectivity index (χ4v) is 4.78. The first kappa shape index (κ1) is 24.3. The van der Waals surface area contributed by atoms with Gasteiger partial charge in [0.25, 0.3) is 5.91 Å². The van der Waals surface area contributed by atoms with Gasteiger partial charge in [-0.25, -0.2) is 14.3 Å². The number of hydrogen-bond donors (Lipinski definition) is 4. The molecule has 0 bridgehead atoms. The summed E-state index contributed by atoms with van der Waals surface area (Å²) in [6, 6.07) is 4.57. The Morgan fingerprint density at radius 3 is 2.86 bits per heavy atom. The topological polar surface area (TPSA) is 173 Å². The first-order valence-corrected chi connectivity index (χ1v) is 11.7. The number of carbonyl (C=O) groups is 3. The van der Waals surface area contributed by atoms with Gasteiger partial charge < -0.3 is 30.9 Å². The molecule has 4 heterocycles. The molecule has 2 atom stereocenters. The predicted octanol–water partition coefficient (Wildman–Crippen LogP) is 0.880. The van der Waals surface area contributed by atoms with Crippen molar-refractivity contribution in [2.24, 2.45) is 5.73 Å². The van der Waals surface area contributed by atoms with Crippen LogP contribution in [0.25, 0.3) is 5.65 Å². The Hall–Kier alpha value is -4.39. The predicted molar refractivity (Wildman–Crippen MR) is 131 cm³/mol. The minimum Gasteiger partial charge on any atom is -0.487 e. The summed E-state index contributed by atoms with van der Waals surface area (Å²) in [6.45, 7) is 4.38. The molecule has 2 aliphatic rings. The molecule has 0 saturated carbocycles. The Morgan fingerprint density at radius 2 is 2.11 bits per heavy atom. The summed E-state index contributed by atoms with van der Waals surface area (Å²) in [6.07, 6.45) is 3.46. The fourth-order valence-electron chi connectivity index (χ4n) is 4.78. The highest BCUT2D eigenvalue weighted by Gasteiger charge is 2.38. The SMILES string of the molecule is CC1(C)Cc2cc(NC(=O)c3cnn4cccnc34)c(OC3CN(CC(N)=O)CC3NC(=O)O)cc2O1. The molecule has 1 aromatic carbocycles. The number of primary amides is 1. The van der Waals surface area contributed by atoms with Gasteiger partial charge in [0.2, 0.25) is 5.91 Å². The number of carboxylic acid groups (broad SMARTS) is 1. The third-order valence-electron chi connectivity index (χ3n) is 6.25. The van der Waals surface area contributed by atoms with Crippen LogP contribution in [0.2, 0.25) is 0 Å². The summed E-state index contributed by atoms with van der Waals surface area (Å²) < 4.78 is 13.8. The zero-order chi connectivity index (χ0) is 26.3. The quantitative estimate of drug-likeness (QED) is 0.360. The third kappa shape index (κ3) is 5.11. The Morgan fingerprint density at radius 1 is 1.30 bits per heavy atom. The normalized spacial score (nSPS) is 20.3. The highest BCUT2D eigenvalue weighted by Crippen LogP contribution is 2.42. The summed E-state index contributed by atoms with van der Waals surface area (Å²) >= 11 is 0. The maximum atomic E-state index is 13.2. The summed E-state index contributed by atoms with van der Waals surface area (Å²) in [4.78, 5) is 42.0. The number of carbonyl (C=O) groups excluding carboxylic acids is 2. The molecular formula is C24H27N7O6. The molecule has 0 spiro atoms. The summed E-state index contributed by atoms with van der Waals surface area (Å²) in [5, 5.41) is 18.8. The zero-order valence-corrected chi connectivity index (χ0v) is 20.3. The van der Waals surface area contributed by atoms with E-state index in [1.807, 2.05) is 13.8 Å². The van der Waals surface area contributed by atoms with Gasteiger partial charge in [-0.1, -0.05) is 0 Å². The van der Waals surface area contributed by atoms with E-state index >= 15 is 0 Å². The van der Waals surface area contributed by atoms with Gasteiger partial charge in [0.05, 0.1) is 24.5 Å². The number of rotatable bonds is 7. The van der Waals surface area contributed by atoms with Gasteiger partial charge in [0.15, 0.2) is 5.65 Å². The molecule has 13 nitrogen and oxygen atoms in total. The van der Waals surface area contributed by atoms with Crippen LogP contribution < -0.4 is 25.8 Å². The fraction of sp³-hybridized carbons (Fsp3) is 0.375. The number of aromatic nitrogens is 3. The molecule has 5 rings (SSSR count). The first-order chi connectivity index (χ1) is 17.6. The van der Waals surface area contributed by atoms with Crippen molar-refractivity contribution in [3.8, 4) is 11.5 Å². The molecule has 3 aromatic rings. The van der Waals surface area contributed by atoms with E-state index in [1.165, 1.54) is 10.7 Å². The van der Waals surface area contributed by atoms with E-state index in [0.29, 0.717) is 29.3 Å². The molecule has 1 fully saturated rings. The van der Waals surface area contributed by atoms with E-state index in [-0.39, 0.29) is 25.2 Å². The number of ether oxygens (including phenoxy) is 2. The minimum atomic E-state index is -1.22. The molecule has 1 saturated heterocycles. The number of nitrogens with two attached hydrogens (primary N) is 1. The van der Waals surface area contributed by atoms with Crippen LogP contribution in [-0.2, 0) is 11.2 Å². The van der Waals surface area contributed by atoms with E-state index in [2.05, 4.69) is 20.7 Å². The van der Waals surface area contributed by atoms with Crippen molar-refractivity contribution in [3.63, 3.8) is 0 Å². The van der Waals surface area contributed by atoms with E-state index < -0.39 is 35.7 Å². The lowest BCUT2D eigenvalue weighted by atomic mass is 10.0. The van der Waals surface area contributed by atoms with Crippen LogP contribution in [0.4, 0.5) is 10.5 Å². The minimum absolute atomic E-state index is 0.0372. The smallest absolute Gasteiger partial charge is 0.405 e. The molecule has 3 amide bonds. The highest BCUT2D eigenvalue weighted by atomic mass is 16.5. The summed E-state index contributed by atoms with van der Waals surface area (Å²) in [7, 11) is 0. The highest BCUT2D eigenvalue weighted by molar-refractivity contribution is 6.08. The van der Waals surface area contributed by atoms with E-state index in [1.54, 1.807) is 35.5 Å². The Bertz CT molecular complexity index is 1390. The molecule has 0 radical (unpaired) electrons. The number of nitrogens with one attached hydrogen (secondary N) is 2. The van der Waals surface area contributed by atoms with Crippen molar-refractivity contribution in [1.29, 1.82) is 0 Å². The number of likely N-dealkylation sites (tertiary alicyclic amines) is 1. The van der Waals surface area contributed by atoms with Crippen molar-refractivity contribution in [2.45, 2.75) is 38.0 Å². The molecule has 13 heteroatoms. The second-order valence-corrected chi connectivity index (χ2v) is 9.77. The lowest BCUT2D eigenvalue weighted by molar-refractivity contribution is -0.118. The molecule has 37 heavy (non-hydrogen) atoms. The zero-order valence-electron chi connectivity index (χ0n) is 20.3. The van der Waals surface area contributed by atoms with Crippen molar-refractivity contribution in [1.82, 2.24) is 24.8 Å². The molecule has 2 unspecified atom stereocenters. The second kappa shape index (κ2) is 9.24. The van der Waals surface area contributed by atoms with Crippen LogP contribution in [0.5, 0.6) is 11.5 Å². The van der Waals surface area contributed by atoms with Crippen molar-refractivity contribution < 1.29 is 29.0 Å². The Balaban J connectivity index is 1.46. The first-order valence-electron chi connectivity index (χ1n) is 11.7. The van der Waals surface area contributed by atoms with Gasteiger partial charge in [0, 0.05) is 43.5 Å². The molecular weight excluding hydrogens is 482 g/mol. The average Bonchev–Trinajstić information content (AvgIpc) is 3.47. The number of nitrogens with zero attached hydrogens (tertiary/aromatic N) is 4. The van der Waals surface area contributed by atoms with E-state index in [0.717, 1.165) is 5.56 Å². The monoisotopic (exact) mass is 509 g/mol. The Labute approximate surface area is 211 Å². The van der Waals surface area contributed by atoms with Gasteiger partial charge in [-0.05, 0) is 26.0 Å². The van der Waals surface area contributed by atoms with Crippen LogP contribution in [0.1, 0.15) is 29.8 Å². The van der Waals surface area contributed by atoms with Gasteiger partial charge >= 0.3 is 6.09 Å². The van der Waals surface area contributed by atoms with Gasteiger partial charge in [-0.15, -0.1) is 0 Å². The van der Waals surface area contributed by atoms with E-state index in [9.17, 15) is 19.5 Å². The summed E-state index contributed by atoms with van der Waals surface area (Å²) in [5.74, 6) is -0.0424. The molecule has 194 valence electrons. The molecule has 0 aliphatic carbocycles. The Kier molecular flexibility index (Phi) is 6.07. The molecule has 2 aliphatic heterocycles. The second-order valence-electron chi connectivity index (χ2n) is 9.77. The number of benzene rings is 1. The lowest BCUT2D eigenvalue weighted by Crippen LogP contribution is -2.44. The van der Waals surface area contributed by atoms with Crippen LogP contribution in [-0.4, -0.2) is 79.9 Å². The van der Waals surface area contributed by atoms with Gasteiger partial charge in [-0.2, -0.15) is 5.10 Å². The number of anilines is 1. The number of fused-ring (bicyclic) bond motifs is 2. The number of hydrogen-bond acceptors (Lipinski definition) is 8. The van der Waals surface area contributed by atoms with Crippen molar-refractivity contribution in [2.75, 3.05) is 25.0 Å². The van der Waals surface area contributed by atoms with Crippen LogP contribution in [0.3, 0.4) is 0 Å². The van der Waals surface area contributed by atoms with Crippen LogP contribution >= 0.6 is 0 Å². The van der Waals surface area contributed by atoms with E-state index in [4.69, 9.17) is 15.2 Å². The van der Waals surface area contributed by atoms with Crippen LogP contribution in [0, 0.1) is 0 Å². The summed E-state index contributed by atoms with van der Waals surface area (Å²) in [5.41, 5.74) is 6.86. The average molecular weight is 510 g/mol. The van der Waals surface area contributed by atoms with Crippen LogP contribution in [0.15, 0.2) is 36.8 Å². The molecule has 5 N–H and O–H groups in total. The largest absolute Gasteiger partial charge is 0.487 e. The standard InChI is InChI=1S/C24H27N7O6/c1-24(2)8-13-6-15(28-22(33)14-9-27-31-5-3-4-26-21(14)31)18(7-17(13)37-24)36-19-11-30(12-20(25)32)10-16(19)29-23(34)35/h3-7,9,16,19,29H,8,10-12H2,1-2H3,(H2,25,32)(H,28,33)(H,34,35). The number of amides is 3. The van der Waals surface area contributed by atoms with Crippen molar-refractivity contribution >= 4 is 29.2 Å². The van der Waals surface area contributed by atoms with Crippen molar-refractivity contribution in [3.05, 3.63) is 47.9 Å². The maximum absolute atomic E-state index is 13.2. The third-order valence-corrected chi connectivity index (χ3v) is 6.25. The molecule has 2 aromatic heterocycles. The maximum Gasteiger partial charge on any atom is 0.405 e. The lowest BCUT2D eigenvalue weighted by Gasteiger charge is -2.22. The van der Waals surface area contributed by atoms with Gasteiger partial charge in [-0.3, -0.25) is 14.5 Å².